The van der Waals surface area contributed by atoms with Crippen LogP contribution in [0.4, 0.5) is 5.69 Å². The lowest BCUT2D eigenvalue weighted by atomic mass is 10.1. The van der Waals surface area contributed by atoms with E-state index in [4.69, 9.17) is 28.6 Å². The van der Waals surface area contributed by atoms with Gasteiger partial charge in [-0.2, -0.15) is 5.10 Å². The van der Waals surface area contributed by atoms with Gasteiger partial charge in [0.2, 0.25) is 5.91 Å². The predicted octanol–water partition coefficient (Wildman–Crippen LogP) is 2.19. The lowest BCUT2D eigenvalue weighted by molar-refractivity contribution is -0.130. The van der Waals surface area contributed by atoms with Crippen LogP contribution < -0.4 is 20.4 Å². The second kappa shape index (κ2) is 9.47. The van der Waals surface area contributed by atoms with Crippen LogP contribution in [0.15, 0.2) is 53.6 Å². The minimum atomic E-state index is -1.24. The normalized spacial score (nSPS) is 16.5. The van der Waals surface area contributed by atoms with E-state index in [2.05, 4.69) is 15.8 Å². The fourth-order valence-corrected chi connectivity index (χ4v) is 2.98. The molecule has 30 heavy (non-hydrogen) atoms. The fourth-order valence-electron chi connectivity index (χ4n) is 2.56. The number of ether oxygens (including phenoxy) is 1. The molecule has 0 saturated carbocycles. The molecule has 0 aliphatic carbocycles. The van der Waals surface area contributed by atoms with Crippen molar-refractivity contribution >= 4 is 58.6 Å². The molecule has 2 aromatic rings. The molecule has 0 radical (unpaired) electrons. The van der Waals surface area contributed by atoms with Crippen molar-refractivity contribution in [3.63, 3.8) is 0 Å². The van der Waals surface area contributed by atoms with E-state index in [-0.39, 0.29) is 11.7 Å². The Balaban J connectivity index is 1.60. The maximum atomic E-state index is 12.8. The molecule has 3 amide bonds. The second-order valence-electron chi connectivity index (χ2n) is 6.34. The lowest BCUT2D eigenvalue weighted by Crippen LogP contribution is -2.58. The van der Waals surface area contributed by atoms with Crippen LogP contribution in [0.3, 0.4) is 0 Å². The maximum absolute atomic E-state index is 12.8. The summed E-state index contributed by atoms with van der Waals surface area (Å²) in [5.41, 5.74) is 3.76. The first-order valence-electron chi connectivity index (χ1n) is 8.81. The van der Waals surface area contributed by atoms with Crippen molar-refractivity contribution < 1.29 is 19.1 Å². The molecule has 1 fully saturated rings. The number of thiocarbonyl (C=S) groups is 1. The molecule has 2 N–H and O–H groups in total. The number of aryl methyl sites for hydroxylation is 1. The van der Waals surface area contributed by atoms with E-state index >= 15 is 0 Å². The fraction of sp³-hybridized carbons (Fsp3) is 0.150. The van der Waals surface area contributed by atoms with Crippen molar-refractivity contribution in [1.82, 2.24) is 10.7 Å². The van der Waals surface area contributed by atoms with Gasteiger partial charge in [0.15, 0.2) is 17.6 Å². The highest BCUT2D eigenvalue weighted by Crippen LogP contribution is 2.20. The smallest absolute Gasteiger partial charge is 0.277 e. The molecule has 0 unspecified atom stereocenters. The zero-order valence-electron chi connectivity index (χ0n) is 15.8. The quantitative estimate of drug-likeness (QED) is 0.308. The van der Waals surface area contributed by atoms with Gasteiger partial charge in [0.05, 0.1) is 5.69 Å². The number of nitrogens with zero attached hydrogens (tertiary/aromatic N) is 2. The number of carbonyl (C=O) groups is 3. The van der Waals surface area contributed by atoms with Gasteiger partial charge in [-0.25, -0.2) is 5.43 Å². The first-order valence-corrected chi connectivity index (χ1v) is 9.59. The van der Waals surface area contributed by atoms with Crippen molar-refractivity contribution in [3.8, 4) is 5.75 Å². The highest BCUT2D eigenvalue weighted by Gasteiger charge is 2.38. The number of nitrogens with one attached hydrogen (secondary N) is 2. The zero-order valence-corrected chi connectivity index (χ0v) is 17.4. The third-order valence-electron chi connectivity index (χ3n) is 4.09. The summed E-state index contributed by atoms with van der Waals surface area (Å²) in [5, 5.41) is 6.71. The first kappa shape index (κ1) is 21.4. The molecule has 2 aromatic carbocycles. The van der Waals surface area contributed by atoms with Gasteiger partial charge in [-0.05, 0) is 55.5 Å². The zero-order chi connectivity index (χ0) is 21.7. The van der Waals surface area contributed by atoms with Crippen LogP contribution in [0.2, 0.25) is 5.02 Å². The molecule has 1 aliphatic heterocycles. The molecule has 1 heterocycles. The number of amides is 3. The average Bonchev–Trinajstić information content (AvgIpc) is 2.71. The molecule has 0 aromatic heterocycles. The highest BCUT2D eigenvalue weighted by molar-refractivity contribution is 7.80. The van der Waals surface area contributed by atoms with Crippen molar-refractivity contribution in [1.29, 1.82) is 0 Å². The standard InChI is InChI=1S/C20H17ClN4O4S/c1-12-2-6-14(7-3-12)25-19(28)16(18(27)23-20(25)30)10-22-24-17(26)11-29-15-8-4-13(21)5-9-15/h2-10,16H,11H2,1H3,(H,24,26)(H,23,27,30)/b22-10+/t16-/m1/s1. The second-order valence-corrected chi connectivity index (χ2v) is 7.16. The molecular formula is C20H17ClN4O4S. The van der Waals surface area contributed by atoms with Gasteiger partial charge in [-0.1, -0.05) is 29.3 Å². The van der Waals surface area contributed by atoms with Crippen molar-refractivity contribution in [2.75, 3.05) is 11.5 Å². The van der Waals surface area contributed by atoms with Gasteiger partial charge in [-0.3, -0.25) is 19.3 Å². The first-order chi connectivity index (χ1) is 14.3. The van der Waals surface area contributed by atoms with Crippen molar-refractivity contribution in [2.24, 2.45) is 11.0 Å². The summed E-state index contributed by atoms with van der Waals surface area (Å²) in [6, 6.07) is 13.6. The van der Waals surface area contributed by atoms with Gasteiger partial charge in [0.25, 0.3) is 11.8 Å². The minimum Gasteiger partial charge on any atom is -0.484 e. The molecule has 154 valence electrons. The molecule has 1 atom stereocenters. The Morgan fingerprint density at radius 1 is 1.23 bits per heavy atom. The summed E-state index contributed by atoms with van der Waals surface area (Å²) in [4.78, 5) is 38.0. The molecule has 1 aliphatic rings. The molecule has 0 spiro atoms. The molecule has 8 nitrogen and oxygen atoms in total. The van der Waals surface area contributed by atoms with E-state index in [1.165, 1.54) is 4.90 Å². The van der Waals surface area contributed by atoms with E-state index in [1.54, 1.807) is 36.4 Å². The summed E-state index contributed by atoms with van der Waals surface area (Å²) in [5.74, 6) is -2.53. The highest BCUT2D eigenvalue weighted by atomic mass is 35.5. The molecule has 10 heteroatoms. The number of carbonyl (C=O) groups excluding carboxylic acids is 3. The maximum Gasteiger partial charge on any atom is 0.277 e. The van der Waals surface area contributed by atoms with E-state index in [1.807, 2.05) is 19.1 Å². The van der Waals surface area contributed by atoms with Gasteiger partial charge in [0.1, 0.15) is 5.75 Å². The number of halogens is 1. The van der Waals surface area contributed by atoms with E-state index < -0.39 is 23.6 Å². The largest absolute Gasteiger partial charge is 0.484 e. The SMILES string of the molecule is Cc1ccc(N2C(=O)[C@H](/C=N/NC(=O)COc3ccc(Cl)cc3)C(=O)NC2=S)cc1. The van der Waals surface area contributed by atoms with E-state index in [0.717, 1.165) is 11.8 Å². The summed E-state index contributed by atoms with van der Waals surface area (Å²) in [6.07, 6.45) is 1.06. The monoisotopic (exact) mass is 444 g/mol. The number of anilines is 1. The van der Waals surface area contributed by atoms with Crippen LogP contribution >= 0.6 is 23.8 Å². The molecule has 1 saturated heterocycles. The summed E-state index contributed by atoms with van der Waals surface area (Å²) >= 11 is 10.9. The molecule has 3 rings (SSSR count). The average molecular weight is 445 g/mol. The predicted molar refractivity (Wildman–Crippen MR) is 116 cm³/mol. The number of hydrazone groups is 1. The number of hydrogen-bond donors (Lipinski definition) is 2. The Hall–Kier alpha value is -3.30. The van der Waals surface area contributed by atoms with Crippen LogP contribution in [0.5, 0.6) is 5.75 Å². The van der Waals surface area contributed by atoms with Crippen LogP contribution in [-0.4, -0.2) is 35.7 Å². The van der Waals surface area contributed by atoms with Gasteiger partial charge < -0.3 is 10.1 Å². The Morgan fingerprint density at radius 2 is 1.90 bits per heavy atom. The van der Waals surface area contributed by atoms with Crippen molar-refractivity contribution in [2.45, 2.75) is 6.92 Å². The number of rotatable bonds is 6. The molecular weight excluding hydrogens is 428 g/mol. The van der Waals surface area contributed by atoms with Crippen LogP contribution in [0.1, 0.15) is 5.56 Å². The number of benzene rings is 2. The summed E-state index contributed by atoms with van der Waals surface area (Å²) in [7, 11) is 0. The minimum absolute atomic E-state index is 0.0149. The topological polar surface area (TPSA) is 100 Å². The van der Waals surface area contributed by atoms with Gasteiger partial charge in [0, 0.05) is 11.2 Å². The Bertz CT molecular complexity index is 1010. The lowest BCUT2D eigenvalue weighted by Gasteiger charge is -2.30. The van der Waals surface area contributed by atoms with Crippen molar-refractivity contribution in [3.05, 3.63) is 59.1 Å². The number of hydrogen-bond acceptors (Lipinski definition) is 6. The van der Waals surface area contributed by atoms with E-state index in [0.29, 0.717) is 16.5 Å². The summed E-state index contributed by atoms with van der Waals surface area (Å²) in [6.45, 7) is 1.61. The van der Waals surface area contributed by atoms with Crippen LogP contribution in [0, 0.1) is 12.8 Å². The summed E-state index contributed by atoms with van der Waals surface area (Å²) < 4.78 is 5.29. The van der Waals surface area contributed by atoms with Gasteiger partial charge in [-0.15, -0.1) is 0 Å². The Morgan fingerprint density at radius 3 is 2.57 bits per heavy atom. The Labute approximate surface area is 182 Å². The molecule has 0 bridgehead atoms. The Kier molecular flexibility index (Phi) is 6.76. The third kappa shape index (κ3) is 5.19. The van der Waals surface area contributed by atoms with Crippen LogP contribution in [0.25, 0.3) is 0 Å². The van der Waals surface area contributed by atoms with Gasteiger partial charge >= 0.3 is 0 Å². The van der Waals surface area contributed by atoms with Crippen LogP contribution in [-0.2, 0) is 14.4 Å². The third-order valence-corrected chi connectivity index (χ3v) is 4.63. The van der Waals surface area contributed by atoms with E-state index in [9.17, 15) is 14.4 Å².